The van der Waals surface area contributed by atoms with Crippen LogP contribution in [0.4, 0.5) is 4.79 Å². The van der Waals surface area contributed by atoms with Crippen molar-refractivity contribution >= 4 is 35.5 Å². The SMILES string of the molecule is O=C(O)CC1CN(C(=O)NCC2CSCCS2)C1. The summed E-state index contributed by atoms with van der Waals surface area (Å²) in [5.74, 6) is 2.82. The van der Waals surface area contributed by atoms with E-state index >= 15 is 0 Å². The molecule has 0 aromatic heterocycles. The number of urea groups is 1. The summed E-state index contributed by atoms with van der Waals surface area (Å²) in [7, 11) is 0. The van der Waals surface area contributed by atoms with E-state index in [1.54, 1.807) is 4.90 Å². The smallest absolute Gasteiger partial charge is 0.317 e. The van der Waals surface area contributed by atoms with Crippen LogP contribution in [-0.2, 0) is 4.79 Å². The van der Waals surface area contributed by atoms with Crippen molar-refractivity contribution in [3.05, 3.63) is 0 Å². The maximum absolute atomic E-state index is 11.8. The van der Waals surface area contributed by atoms with Crippen LogP contribution in [0, 0.1) is 5.92 Å². The lowest BCUT2D eigenvalue weighted by Gasteiger charge is -2.38. The molecule has 2 amide bonds. The molecule has 0 radical (unpaired) electrons. The van der Waals surface area contributed by atoms with Crippen molar-refractivity contribution < 1.29 is 14.7 Å². The summed E-state index contributed by atoms with van der Waals surface area (Å²) in [6, 6.07) is -0.0483. The van der Waals surface area contributed by atoms with E-state index in [0.717, 1.165) is 18.1 Å². The topological polar surface area (TPSA) is 69.6 Å². The number of nitrogens with one attached hydrogen (secondary N) is 1. The van der Waals surface area contributed by atoms with Crippen molar-refractivity contribution in [1.29, 1.82) is 0 Å². The summed E-state index contributed by atoms with van der Waals surface area (Å²) in [6.07, 6.45) is 0.166. The molecule has 0 aromatic carbocycles. The first-order valence-electron chi connectivity index (χ1n) is 6.09. The number of amides is 2. The van der Waals surface area contributed by atoms with Crippen molar-refractivity contribution in [2.75, 3.05) is 36.9 Å². The first-order valence-corrected chi connectivity index (χ1v) is 8.29. The Labute approximate surface area is 115 Å². The lowest BCUT2D eigenvalue weighted by molar-refractivity contribution is -0.139. The number of rotatable bonds is 4. The molecule has 0 aliphatic carbocycles. The number of carbonyl (C=O) groups is 2. The number of aliphatic carboxylic acids is 1. The van der Waals surface area contributed by atoms with Crippen LogP contribution in [0.5, 0.6) is 0 Å². The van der Waals surface area contributed by atoms with Crippen LogP contribution in [0.3, 0.4) is 0 Å². The van der Waals surface area contributed by atoms with Crippen molar-refractivity contribution in [2.24, 2.45) is 5.92 Å². The number of carboxylic acids is 1. The fourth-order valence-corrected chi connectivity index (χ4v) is 4.69. The summed E-state index contributed by atoms with van der Waals surface area (Å²) in [4.78, 5) is 23.9. The Balaban J connectivity index is 1.60. The lowest BCUT2D eigenvalue weighted by Crippen LogP contribution is -2.55. The Hall–Kier alpha value is -0.560. The summed E-state index contributed by atoms with van der Waals surface area (Å²) < 4.78 is 0. The van der Waals surface area contributed by atoms with Crippen LogP contribution in [0.2, 0.25) is 0 Å². The molecule has 2 aliphatic heterocycles. The summed E-state index contributed by atoms with van der Waals surface area (Å²) in [5, 5.41) is 12.1. The molecule has 18 heavy (non-hydrogen) atoms. The summed E-state index contributed by atoms with van der Waals surface area (Å²) in [5.41, 5.74) is 0. The number of likely N-dealkylation sites (tertiary alicyclic amines) is 1. The van der Waals surface area contributed by atoms with Gasteiger partial charge in [-0.3, -0.25) is 4.79 Å². The van der Waals surface area contributed by atoms with E-state index in [1.165, 1.54) is 5.75 Å². The van der Waals surface area contributed by atoms with Crippen LogP contribution >= 0.6 is 23.5 Å². The zero-order chi connectivity index (χ0) is 13.0. The van der Waals surface area contributed by atoms with E-state index in [-0.39, 0.29) is 18.4 Å². The molecule has 0 spiro atoms. The normalized spacial score (nSPS) is 24.4. The lowest BCUT2D eigenvalue weighted by atomic mass is 9.97. The quantitative estimate of drug-likeness (QED) is 0.807. The van der Waals surface area contributed by atoms with E-state index in [0.29, 0.717) is 18.3 Å². The molecule has 2 N–H and O–H groups in total. The molecular weight excluding hydrogens is 272 g/mol. The standard InChI is InChI=1S/C11H18N2O3S2/c14-10(15)3-8-5-13(6-8)11(16)12-4-9-7-17-1-2-18-9/h8-9H,1-7H2,(H,12,16)(H,14,15). The van der Waals surface area contributed by atoms with Crippen molar-refractivity contribution in [2.45, 2.75) is 11.7 Å². The van der Waals surface area contributed by atoms with E-state index < -0.39 is 5.97 Å². The molecule has 5 nitrogen and oxygen atoms in total. The van der Waals surface area contributed by atoms with E-state index in [1.807, 2.05) is 23.5 Å². The van der Waals surface area contributed by atoms with Gasteiger partial charge in [-0.1, -0.05) is 0 Å². The Morgan fingerprint density at radius 3 is 2.72 bits per heavy atom. The Morgan fingerprint density at radius 1 is 1.33 bits per heavy atom. The number of carbonyl (C=O) groups excluding carboxylic acids is 1. The first-order chi connectivity index (χ1) is 8.65. The second kappa shape index (κ2) is 6.56. The second-order valence-corrected chi connectivity index (χ2v) is 7.18. The maximum atomic E-state index is 11.8. The van der Waals surface area contributed by atoms with Crippen molar-refractivity contribution in [1.82, 2.24) is 10.2 Å². The van der Waals surface area contributed by atoms with Crippen LogP contribution in [-0.4, -0.2) is 64.1 Å². The van der Waals surface area contributed by atoms with Gasteiger partial charge in [0.05, 0.1) is 6.42 Å². The van der Waals surface area contributed by atoms with Gasteiger partial charge in [0.1, 0.15) is 0 Å². The van der Waals surface area contributed by atoms with Gasteiger partial charge in [-0.25, -0.2) is 4.79 Å². The third-order valence-corrected chi connectivity index (χ3v) is 5.92. The largest absolute Gasteiger partial charge is 0.481 e. The molecular formula is C11H18N2O3S2. The predicted molar refractivity (Wildman–Crippen MR) is 74.3 cm³/mol. The molecule has 2 heterocycles. The molecule has 1 unspecified atom stereocenters. The van der Waals surface area contributed by atoms with Gasteiger partial charge in [-0.05, 0) is 0 Å². The van der Waals surface area contributed by atoms with Crippen LogP contribution < -0.4 is 5.32 Å². The molecule has 2 fully saturated rings. The Bertz CT molecular complexity index is 315. The molecule has 0 aromatic rings. The minimum Gasteiger partial charge on any atom is -0.481 e. The number of hydrogen-bond acceptors (Lipinski definition) is 4. The van der Waals surface area contributed by atoms with E-state index in [4.69, 9.17) is 5.11 Å². The number of carboxylic acid groups (broad SMARTS) is 1. The van der Waals surface area contributed by atoms with Gasteiger partial charge in [0.25, 0.3) is 0 Å². The van der Waals surface area contributed by atoms with E-state index in [2.05, 4.69) is 5.32 Å². The van der Waals surface area contributed by atoms with Gasteiger partial charge in [0, 0.05) is 48.1 Å². The highest BCUT2D eigenvalue weighted by Gasteiger charge is 2.32. The molecule has 1 atom stereocenters. The second-order valence-electron chi connectivity index (χ2n) is 4.62. The van der Waals surface area contributed by atoms with Crippen molar-refractivity contribution in [3.8, 4) is 0 Å². The van der Waals surface area contributed by atoms with Gasteiger partial charge in [0.2, 0.25) is 0 Å². The number of thioether (sulfide) groups is 2. The zero-order valence-corrected chi connectivity index (χ0v) is 11.8. The number of hydrogen-bond donors (Lipinski definition) is 2. The van der Waals surface area contributed by atoms with Crippen LogP contribution in [0.1, 0.15) is 6.42 Å². The van der Waals surface area contributed by atoms with Gasteiger partial charge >= 0.3 is 12.0 Å². The maximum Gasteiger partial charge on any atom is 0.317 e. The highest BCUT2D eigenvalue weighted by atomic mass is 32.2. The average molecular weight is 290 g/mol. The van der Waals surface area contributed by atoms with E-state index in [9.17, 15) is 9.59 Å². The Kier molecular flexibility index (Phi) is 5.05. The summed E-state index contributed by atoms with van der Waals surface area (Å²) in [6.45, 7) is 1.87. The molecule has 102 valence electrons. The minimum absolute atomic E-state index is 0.0483. The molecule has 7 heteroatoms. The summed E-state index contributed by atoms with van der Waals surface area (Å²) >= 11 is 3.86. The van der Waals surface area contributed by atoms with Gasteiger partial charge < -0.3 is 15.3 Å². The number of nitrogens with zero attached hydrogens (tertiary/aromatic N) is 1. The average Bonchev–Trinajstić information content (AvgIpc) is 2.31. The van der Waals surface area contributed by atoms with Crippen LogP contribution in [0.15, 0.2) is 0 Å². The minimum atomic E-state index is -0.782. The van der Waals surface area contributed by atoms with Gasteiger partial charge in [-0.15, -0.1) is 0 Å². The molecule has 2 rings (SSSR count). The van der Waals surface area contributed by atoms with Gasteiger partial charge in [-0.2, -0.15) is 23.5 Å². The Morgan fingerprint density at radius 2 is 2.11 bits per heavy atom. The fraction of sp³-hybridized carbons (Fsp3) is 0.818. The third kappa shape index (κ3) is 3.98. The van der Waals surface area contributed by atoms with Crippen LogP contribution in [0.25, 0.3) is 0 Å². The molecule has 0 saturated carbocycles. The molecule has 2 aliphatic rings. The highest BCUT2D eigenvalue weighted by Crippen LogP contribution is 2.23. The fourth-order valence-electron chi connectivity index (χ4n) is 2.08. The molecule has 2 saturated heterocycles. The molecule has 0 bridgehead atoms. The predicted octanol–water partition coefficient (Wildman–Crippen LogP) is 0.951. The highest BCUT2D eigenvalue weighted by molar-refractivity contribution is 8.06. The monoisotopic (exact) mass is 290 g/mol. The van der Waals surface area contributed by atoms with Gasteiger partial charge in [0.15, 0.2) is 0 Å². The zero-order valence-electron chi connectivity index (χ0n) is 10.1. The third-order valence-electron chi connectivity index (χ3n) is 3.07. The first kappa shape index (κ1) is 13.9. The van der Waals surface area contributed by atoms with Crippen molar-refractivity contribution in [3.63, 3.8) is 0 Å².